The summed E-state index contributed by atoms with van der Waals surface area (Å²) in [6.45, 7) is 2.11. The van der Waals surface area contributed by atoms with Crippen molar-refractivity contribution in [1.82, 2.24) is 10.3 Å². The van der Waals surface area contributed by atoms with E-state index in [2.05, 4.69) is 43.7 Å². The van der Waals surface area contributed by atoms with Gasteiger partial charge in [0.1, 0.15) is 0 Å². The fourth-order valence-corrected chi connectivity index (χ4v) is 4.09. The van der Waals surface area contributed by atoms with Crippen LogP contribution >= 0.6 is 27.3 Å². The molecule has 3 heterocycles. The maximum atomic E-state index is 12.4. The van der Waals surface area contributed by atoms with Crippen molar-refractivity contribution in [2.75, 3.05) is 19.8 Å². The molecule has 1 aliphatic rings. The summed E-state index contributed by atoms with van der Waals surface area (Å²) in [4.78, 5) is 17.7. The third kappa shape index (κ3) is 3.39. The highest BCUT2D eigenvalue weighted by atomic mass is 79.9. The Bertz CT molecular complexity index is 639. The number of thiophene rings is 1. The van der Waals surface area contributed by atoms with Gasteiger partial charge in [0, 0.05) is 46.9 Å². The summed E-state index contributed by atoms with van der Waals surface area (Å²) in [7, 11) is 0. The van der Waals surface area contributed by atoms with Gasteiger partial charge in [-0.1, -0.05) is 6.07 Å². The first-order valence-electron chi connectivity index (χ1n) is 7.20. The molecule has 0 atom stereocenters. The number of carbonyl (C=O) groups excluding carboxylic acids is 1. The SMILES string of the molecule is O=C(NCC1(c2cccs2)CCOCC1)c1cncc(Br)c1. The van der Waals surface area contributed by atoms with Gasteiger partial charge in [-0.3, -0.25) is 9.78 Å². The number of amides is 1. The van der Waals surface area contributed by atoms with Gasteiger partial charge in [0.05, 0.1) is 5.56 Å². The van der Waals surface area contributed by atoms with Gasteiger partial charge in [0.15, 0.2) is 0 Å². The minimum atomic E-state index is -0.0868. The van der Waals surface area contributed by atoms with Crippen molar-refractivity contribution in [2.45, 2.75) is 18.3 Å². The van der Waals surface area contributed by atoms with E-state index in [0.29, 0.717) is 12.1 Å². The summed E-state index contributed by atoms with van der Waals surface area (Å²) < 4.78 is 6.31. The fraction of sp³-hybridized carbons (Fsp3) is 0.375. The molecule has 0 radical (unpaired) electrons. The van der Waals surface area contributed by atoms with E-state index in [1.165, 1.54) is 4.88 Å². The lowest BCUT2D eigenvalue weighted by Crippen LogP contribution is -2.44. The highest BCUT2D eigenvalue weighted by molar-refractivity contribution is 9.10. The molecule has 0 spiro atoms. The number of pyridine rings is 1. The van der Waals surface area contributed by atoms with E-state index >= 15 is 0 Å². The summed E-state index contributed by atoms with van der Waals surface area (Å²) in [6.07, 6.45) is 5.12. The van der Waals surface area contributed by atoms with Crippen molar-refractivity contribution in [3.63, 3.8) is 0 Å². The molecule has 6 heteroatoms. The Hall–Kier alpha value is -1.24. The minimum absolute atomic E-state index is 0.0124. The van der Waals surface area contributed by atoms with E-state index < -0.39 is 0 Å². The zero-order valence-electron chi connectivity index (χ0n) is 12.0. The lowest BCUT2D eigenvalue weighted by molar-refractivity contribution is 0.0499. The normalized spacial score (nSPS) is 17.1. The second-order valence-electron chi connectivity index (χ2n) is 5.44. The molecule has 0 unspecified atom stereocenters. The molecule has 1 aliphatic heterocycles. The number of ether oxygens (including phenoxy) is 1. The Labute approximate surface area is 142 Å². The molecule has 4 nitrogen and oxygen atoms in total. The van der Waals surface area contributed by atoms with Gasteiger partial charge in [0.2, 0.25) is 0 Å². The molecule has 0 saturated carbocycles. The topological polar surface area (TPSA) is 51.2 Å². The largest absolute Gasteiger partial charge is 0.381 e. The van der Waals surface area contributed by atoms with Crippen molar-refractivity contribution in [2.24, 2.45) is 0 Å². The molecular formula is C16H17BrN2O2S. The van der Waals surface area contributed by atoms with Crippen molar-refractivity contribution < 1.29 is 9.53 Å². The molecule has 22 heavy (non-hydrogen) atoms. The van der Waals surface area contributed by atoms with Gasteiger partial charge >= 0.3 is 0 Å². The third-order valence-electron chi connectivity index (χ3n) is 4.05. The first kappa shape index (κ1) is 15.6. The van der Waals surface area contributed by atoms with Crippen LogP contribution in [-0.2, 0) is 10.2 Å². The lowest BCUT2D eigenvalue weighted by Gasteiger charge is -2.36. The summed E-state index contributed by atoms with van der Waals surface area (Å²) in [5.74, 6) is -0.0868. The van der Waals surface area contributed by atoms with Crippen LogP contribution in [0.4, 0.5) is 0 Å². The standard InChI is InChI=1S/C16H17BrN2O2S/c17-13-8-12(9-18-10-13)15(20)19-11-16(3-5-21-6-4-16)14-2-1-7-22-14/h1-2,7-10H,3-6,11H2,(H,19,20). The van der Waals surface area contributed by atoms with E-state index in [1.54, 1.807) is 29.8 Å². The van der Waals surface area contributed by atoms with Crippen LogP contribution < -0.4 is 5.32 Å². The third-order valence-corrected chi connectivity index (χ3v) is 5.60. The molecule has 0 aromatic carbocycles. The van der Waals surface area contributed by atoms with Crippen LogP contribution in [0.1, 0.15) is 28.1 Å². The van der Waals surface area contributed by atoms with Crippen LogP contribution in [0.15, 0.2) is 40.4 Å². The Balaban J connectivity index is 1.73. The first-order chi connectivity index (χ1) is 10.7. The molecule has 1 amide bonds. The molecule has 0 aliphatic carbocycles. The number of nitrogens with zero attached hydrogens (tertiary/aromatic N) is 1. The molecule has 3 rings (SSSR count). The van der Waals surface area contributed by atoms with E-state index in [9.17, 15) is 4.79 Å². The quantitative estimate of drug-likeness (QED) is 0.884. The highest BCUT2D eigenvalue weighted by Crippen LogP contribution is 2.37. The Morgan fingerprint density at radius 3 is 2.91 bits per heavy atom. The highest BCUT2D eigenvalue weighted by Gasteiger charge is 2.35. The summed E-state index contributed by atoms with van der Waals surface area (Å²) in [5.41, 5.74) is 0.560. The van der Waals surface area contributed by atoms with E-state index in [0.717, 1.165) is 30.5 Å². The number of aromatic nitrogens is 1. The van der Waals surface area contributed by atoms with Crippen LogP contribution in [-0.4, -0.2) is 30.6 Å². The zero-order chi connectivity index (χ0) is 15.4. The van der Waals surface area contributed by atoms with Crippen molar-refractivity contribution in [3.8, 4) is 0 Å². The predicted octanol–water partition coefficient (Wildman–Crippen LogP) is 3.38. The second-order valence-corrected chi connectivity index (χ2v) is 7.31. The lowest BCUT2D eigenvalue weighted by atomic mass is 9.78. The maximum absolute atomic E-state index is 12.4. The molecule has 2 aromatic heterocycles. The maximum Gasteiger partial charge on any atom is 0.252 e. The molecular weight excluding hydrogens is 364 g/mol. The Morgan fingerprint density at radius 2 is 2.23 bits per heavy atom. The molecule has 1 fully saturated rings. The van der Waals surface area contributed by atoms with Gasteiger partial charge in [-0.2, -0.15) is 0 Å². The summed E-state index contributed by atoms with van der Waals surface area (Å²) in [6, 6.07) is 6.00. The van der Waals surface area contributed by atoms with Gasteiger partial charge < -0.3 is 10.1 Å². The van der Waals surface area contributed by atoms with Crippen LogP contribution in [0.3, 0.4) is 0 Å². The molecule has 1 saturated heterocycles. The molecule has 0 bridgehead atoms. The number of halogens is 1. The van der Waals surface area contributed by atoms with Gasteiger partial charge in [0.25, 0.3) is 5.91 Å². The van der Waals surface area contributed by atoms with Crippen molar-refractivity contribution in [3.05, 3.63) is 50.9 Å². The van der Waals surface area contributed by atoms with E-state index in [-0.39, 0.29) is 11.3 Å². The average Bonchev–Trinajstić information content (AvgIpc) is 3.09. The minimum Gasteiger partial charge on any atom is -0.381 e. The Kier molecular flexibility index (Phi) is 4.90. The number of carbonyl (C=O) groups is 1. The number of rotatable bonds is 4. The number of hydrogen-bond donors (Lipinski definition) is 1. The van der Waals surface area contributed by atoms with Gasteiger partial charge in [-0.25, -0.2) is 0 Å². The van der Waals surface area contributed by atoms with Gasteiger partial charge in [-0.15, -0.1) is 11.3 Å². The van der Waals surface area contributed by atoms with Crippen LogP contribution in [0.25, 0.3) is 0 Å². The average molecular weight is 381 g/mol. The second kappa shape index (κ2) is 6.89. The zero-order valence-corrected chi connectivity index (χ0v) is 14.5. The van der Waals surface area contributed by atoms with Crippen LogP contribution in [0.2, 0.25) is 0 Å². The van der Waals surface area contributed by atoms with Crippen LogP contribution in [0.5, 0.6) is 0 Å². The molecule has 1 N–H and O–H groups in total. The number of nitrogens with one attached hydrogen (secondary N) is 1. The number of hydrogen-bond acceptors (Lipinski definition) is 4. The van der Waals surface area contributed by atoms with Gasteiger partial charge in [-0.05, 0) is 46.3 Å². The fourth-order valence-electron chi connectivity index (χ4n) is 2.74. The predicted molar refractivity (Wildman–Crippen MR) is 90.3 cm³/mol. The van der Waals surface area contributed by atoms with Crippen molar-refractivity contribution in [1.29, 1.82) is 0 Å². The smallest absolute Gasteiger partial charge is 0.252 e. The summed E-state index contributed by atoms with van der Waals surface area (Å²) in [5, 5.41) is 5.17. The molecule has 116 valence electrons. The van der Waals surface area contributed by atoms with Crippen molar-refractivity contribution >= 4 is 33.2 Å². The van der Waals surface area contributed by atoms with E-state index in [1.807, 2.05) is 0 Å². The Morgan fingerprint density at radius 1 is 1.41 bits per heavy atom. The monoisotopic (exact) mass is 380 g/mol. The molecule has 2 aromatic rings. The van der Waals surface area contributed by atoms with E-state index in [4.69, 9.17) is 4.74 Å². The summed E-state index contributed by atoms with van der Waals surface area (Å²) >= 11 is 5.09. The first-order valence-corrected chi connectivity index (χ1v) is 8.87. The van der Waals surface area contributed by atoms with Crippen LogP contribution in [0, 0.1) is 0 Å².